The number of benzene rings is 1. The summed E-state index contributed by atoms with van der Waals surface area (Å²) in [6.07, 6.45) is 4.22. The Kier molecular flexibility index (Phi) is 5.51. The van der Waals surface area contributed by atoms with Crippen molar-refractivity contribution in [2.24, 2.45) is 0 Å². The molecule has 0 N–H and O–H groups in total. The monoisotopic (exact) mass is 403 g/mol. The maximum atomic E-state index is 13.5. The van der Waals surface area contributed by atoms with Crippen molar-refractivity contribution in [3.8, 4) is 0 Å². The molecular weight excluding hydrogens is 378 g/mol. The number of carbonyl (C=O) groups excluding carboxylic acids is 2. The molecule has 2 heterocycles. The predicted molar refractivity (Wildman–Crippen MR) is 102 cm³/mol. The summed E-state index contributed by atoms with van der Waals surface area (Å²) >= 11 is 0. The molecule has 1 aliphatic carbocycles. The van der Waals surface area contributed by atoms with Crippen molar-refractivity contribution in [3.63, 3.8) is 0 Å². The molecular formula is C20H25N3O6. The number of non-ortho nitro benzene ring substituents is 1. The minimum atomic E-state index is -0.813. The van der Waals surface area contributed by atoms with Gasteiger partial charge in [-0.05, 0) is 31.7 Å². The summed E-state index contributed by atoms with van der Waals surface area (Å²) in [5.74, 6) is -0.533. The molecule has 1 aromatic carbocycles. The van der Waals surface area contributed by atoms with Gasteiger partial charge in [0.05, 0.1) is 24.7 Å². The van der Waals surface area contributed by atoms with Crippen LogP contribution in [-0.2, 0) is 14.3 Å². The quantitative estimate of drug-likeness (QED) is 0.565. The van der Waals surface area contributed by atoms with Gasteiger partial charge < -0.3 is 14.4 Å². The summed E-state index contributed by atoms with van der Waals surface area (Å²) in [6, 6.07) is 4.95. The Morgan fingerprint density at radius 1 is 1.14 bits per heavy atom. The molecule has 3 fully saturated rings. The first-order valence-corrected chi connectivity index (χ1v) is 10.1. The van der Waals surface area contributed by atoms with Gasteiger partial charge in [0, 0.05) is 30.8 Å². The lowest BCUT2D eigenvalue weighted by molar-refractivity contribution is -0.384. The minimum Gasteiger partial charge on any atom is -0.378 e. The number of amides is 2. The number of carbonyl (C=O) groups is 2. The lowest BCUT2D eigenvalue weighted by Gasteiger charge is -2.42. The maximum Gasteiger partial charge on any atom is 0.270 e. The van der Waals surface area contributed by atoms with Gasteiger partial charge in [-0.3, -0.25) is 24.6 Å². The largest absolute Gasteiger partial charge is 0.378 e. The molecule has 1 aromatic rings. The van der Waals surface area contributed by atoms with Crippen LogP contribution in [0, 0.1) is 10.1 Å². The van der Waals surface area contributed by atoms with Crippen molar-refractivity contribution in [2.45, 2.75) is 43.9 Å². The van der Waals surface area contributed by atoms with Crippen molar-refractivity contribution in [1.82, 2.24) is 9.80 Å². The van der Waals surface area contributed by atoms with Crippen LogP contribution in [-0.4, -0.2) is 71.2 Å². The topological polar surface area (TPSA) is 102 Å². The number of hydrogen-bond acceptors (Lipinski definition) is 6. The first-order chi connectivity index (χ1) is 14.0. The highest BCUT2D eigenvalue weighted by Crippen LogP contribution is 2.42. The summed E-state index contributed by atoms with van der Waals surface area (Å²) in [5.41, 5.74) is -0.758. The highest BCUT2D eigenvalue weighted by atomic mass is 16.6. The average molecular weight is 403 g/mol. The summed E-state index contributed by atoms with van der Waals surface area (Å²) in [6.45, 7) is 2.08. The van der Waals surface area contributed by atoms with Crippen molar-refractivity contribution in [2.75, 3.05) is 32.9 Å². The number of hydrogen-bond donors (Lipinski definition) is 0. The minimum absolute atomic E-state index is 0.144. The van der Waals surface area contributed by atoms with E-state index in [1.54, 1.807) is 15.9 Å². The van der Waals surface area contributed by atoms with Gasteiger partial charge in [0.25, 0.3) is 11.6 Å². The van der Waals surface area contributed by atoms with Crippen molar-refractivity contribution in [3.05, 3.63) is 39.9 Å². The summed E-state index contributed by atoms with van der Waals surface area (Å²) in [5, 5.41) is 11.2. The second-order valence-corrected chi connectivity index (χ2v) is 7.75. The van der Waals surface area contributed by atoms with Gasteiger partial charge in [-0.25, -0.2) is 0 Å². The Labute approximate surface area is 168 Å². The molecule has 9 nitrogen and oxygen atoms in total. The Balaban J connectivity index is 1.67. The molecule has 1 spiro atoms. The van der Waals surface area contributed by atoms with Gasteiger partial charge in [-0.1, -0.05) is 12.5 Å². The average Bonchev–Trinajstić information content (AvgIpc) is 3.12. The van der Waals surface area contributed by atoms with Gasteiger partial charge in [-0.15, -0.1) is 0 Å². The van der Waals surface area contributed by atoms with Crippen molar-refractivity contribution >= 4 is 17.5 Å². The zero-order valence-corrected chi connectivity index (χ0v) is 16.2. The second-order valence-electron chi connectivity index (χ2n) is 7.75. The number of morpholine rings is 1. The van der Waals surface area contributed by atoms with Gasteiger partial charge in [0.2, 0.25) is 5.91 Å². The maximum absolute atomic E-state index is 13.5. The molecule has 29 heavy (non-hydrogen) atoms. The van der Waals surface area contributed by atoms with E-state index in [1.807, 2.05) is 0 Å². The van der Waals surface area contributed by atoms with E-state index in [-0.39, 0.29) is 29.7 Å². The molecule has 1 atom stereocenters. The van der Waals surface area contributed by atoms with Crippen molar-refractivity contribution in [1.29, 1.82) is 0 Å². The fourth-order valence-electron chi connectivity index (χ4n) is 4.55. The smallest absolute Gasteiger partial charge is 0.270 e. The number of ether oxygens (including phenoxy) is 2. The molecule has 0 bridgehead atoms. The van der Waals surface area contributed by atoms with Gasteiger partial charge in [0.1, 0.15) is 11.8 Å². The first-order valence-electron chi connectivity index (χ1n) is 10.1. The number of nitro benzene ring substituents is 1. The molecule has 0 radical (unpaired) electrons. The molecule has 156 valence electrons. The molecule has 9 heteroatoms. The lowest BCUT2D eigenvalue weighted by Crippen LogP contribution is -2.58. The zero-order chi connectivity index (χ0) is 20.4. The van der Waals surface area contributed by atoms with Crippen LogP contribution in [0.25, 0.3) is 0 Å². The van der Waals surface area contributed by atoms with E-state index in [0.29, 0.717) is 39.1 Å². The number of nitrogens with zero attached hydrogens (tertiary/aromatic N) is 3. The molecule has 0 unspecified atom stereocenters. The molecule has 2 saturated heterocycles. The van der Waals surface area contributed by atoms with E-state index in [0.717, 1.165) is 19.3 Å². The van der Waals surface area contributed by atoms with Gasteiger partial charge in [-0.2, -0.15) is 0 Å². The summed E-state index contributed by atoms with van der Waals surface area (Å²) in [4.78, 5) is 40.7. The third-order valence-electron chi connectivity index (χ3n) is 6.03. The van der Waals surface area contributed by atoms with E-state index < -0.39 is 16.7 Å². The second kappa shape index (κ2) is 8.08. The standard InChI is InChI=1S/C20H25N3O6/c24-18(15-5-4-6-16(13-15)23(26)27)22-17(19(25)21-9-11-28-12-10-21)14-29-20(22)7-2-1-3-8-20/h4-6,13,17H,1-3,7-12,14H2/t17-/m0/s1. The van der Waals surface area contributed by atoms with E-state index in [4.69, 9.17) is 9.47 Å². The van der Waals surface area contributed by atoms with E-state index in [2.05, 4.69) is 0 Å². The molecule has 2 amide bonds. The normalized spacial score (nSPS) is 23.9. The van der Waals surface area contributed by atoms with E-state index >= 15 is 0 Å². The van der Waals surface area contributed by atoms with Crippen LogP contribution in [0.1, 0.15) is 42.5 Å². The zero-order valence-electron chi connectivity index (χ0n) is 16.2. The lowest BCUT2D eigenvalue weighted by atomic mass is 9.89. The predicted octanol–water partition coefficient (Wildman–Crippen LogP) is 1.96. The van der Waals surface area contributed by atoms with Crippen LogP contribution in [0.4, 0.5) is 5.69 Å². The fraction of sp³-hybridized carbons (Fsp3) is 0.600. The SMILES string of the molecule is O=C([C@@H]1COC2(CCCCC2)N1C(=O)c1cccc([N+](=O)[O-])c1)N1CCOCC1. The molecule has 2 aliphatic heterocycles. The first kappa shape index (κ1) is 19.8. The molecule has 4 rings (SSSR count). The molecule has 3 aliphatic rings. The van der Waals surface area contributed by atoms with Crippen LogP contribution in [0.5, 0.6) is 0 Å². The van der Waals surface area contributed by atoms with E-state index in [1.165, 1.54) is 18.2 Å². The van der Waals surface area contributed by atoms with E-state index in [9.17, 15) is 19.7 Å². The third-order valence-corrected chi connectivity index (χ3v) is 6.03. The van der Waals surface area contributed by atoms with Crippen LogP contribution >= 0.6 is 0 Å². The molecule has 1 saturated carbocycles. The summed E-state index contributed by atoms with van der Waals surface area (Å²) in [7, 11) is 0. The van der Waals surface area contributed by atoms with Crippen LogP contribution < -0.4 is 0 Å². The van der Waals surface area contributed by atoms with Gasteiger partial charge >= 0.3 is 0 Å². The Bertz CT molecular complexity index is 801. The van der Waals surface area contributed by atoms with Gasteiger partial charge in [0.15, 0.2) is 0 Å². The highest BCUT2D eigenvalue weighted by molar-refractivity contribution is 5.99. The number of rotatable bonds is 3. The Hall–Kier alpha value is -2.52. The van der Waals surface area contributed by atoms with Crippen LogP contribution in [0.2, 0.25) is 0 Å². The summed E-state index contributed by atoms with van der Waals surface area (Å²) < 4.78 is 11.5. The fourth-order valence-corrected chi connectivity index (χ4v) is 4.55. The van der Waals surface area contributed by atoms with Crippen LogP contribution in [0.15, 0.2) is 24.3 Å². The van der Waals surface area contributed by atoms with Crippen LogP contribution in [0.3, 0.4) is 0 Å². The Morgan fingerprint density at radius 3 is 2.55 bits per heavy atom. The van der Waals surface area contributed by atoms with Crippen molar-refractivity contribution < 1.29 is 24.0 Å². The Morgan fingerprint density at radius 2 is 1.86 bits per heavy atom. The third kappa shape index (κ3) is 3.72. The highest BCUT2D eigenvalue weighted by Gasteiger charge is 2.53. The number of nitro groups is 1. The molecule has 0 aromatic heterocycles.